The van der Waals surface area contributed by atoms with Gasteiger partial charge in [0.1, 0.15) is 6.54 Å². The molecule has 0 bridgehead atoms. The first-order chi connectivity index (χ1) is 6.93. The second kappa shape index (κ2) is 4.51. The van der Waals surface area contributed by atoms with Crippen molar-refractivity contribution in [3.8, 4) is 0 Å². The fourth-order valence-electron chi connectivity index (χ4n) is 1.94. The van der Waals surface area contributed by atoms with Gasteiger partial charge in [-0.3, -0.25) is 4.79 Å². The molecule has 0 aromatic heterocycles. The minimum absolute atomic E-state index is 0.00108. The van der Waals surface area contributed by atoms with Gasteiger partial charge in [-0.15, -0.1) is 0 Å². The Labute approximate surface area is 90.9 Å². The van der Waals surface area contributed by atoms with Crippen molar-refractivity contribution in [3.63, 3.8) is 0 Å². The summed E-state index contributed by atoms with van der Waals surface area (Å²) >= 11 is 0. The second-order valence-corrected chi connectivity index (χ2v) is 4.80. The Morgan fingerprint density at radius 3 is 2.80 bits per heavy atom. The highest BCUT2D eigenvalue weighted by molar-refractivity contribution is 5.69. The Hall–Kier alpha value is -1.25. The third-order valence-electron chi connectivity index (χ3n) is 2.55. The van der Waals surface area contributed by atoms with Gasteiger partial charge in [-0.1, -0.05) is 25.5 Å². The largest absolute Gasteiger partial charge is 0.480 e. The van der Waals surface area contributed by atoms with Gasteiger partial charge < -0.3 is 10.4 Å². The Morgan fingerprint density at radius 2 is 2.27 bits per heavy atom. The number of nitrogens with one attached hydrogen (secondary N) is 1. The average molecular weight is 209 g/mol. The molecule has 1 rings (SSSR count). The first-order valence-corrected chi connectivity index (χ1v) is 5.24. The van der Waals surface area contributed by atoms with E-state index in [0.29, 0.717) is 0 Å². The molecule has 2 N–H and O–H groups in total. The lowest BCUT2D eigenvalue weighted by Crippen LogP contribution is -2.28. The maximum Gasteiger partial charge on any atom is 0.322 e. The van der Waals surface area contributed by atoms with E-state index in [1.54, 1.807) is 0 Å². The van der Waals surface area contributed by atoms with Crippen molar-refractivity contribution in [1.29, 1.82) is 0 Å². The first kappa shape index (κ1) is 11.8. The van der Waals surface area contributed by atoms with Crippen molar-refractivity contribution in [2.24, 2.45) is 5.41 Å². The van der Waals surface area contributed by atoms with Gasteiger partial charge in [-0.05, 0) is 31.3 Å². The Bertz CT molecular complexity index is 314. The monoisotopic (exact) mass is 209 g/mol. The molecule has 0 saturated heterocycles. The van der Waals surface area contributed by atoms with Crippen LogP contribution < -0.4 is 5.32 Å². The lowest BCUT2D eigenvalue weighted by molar-refractivity contribution is -0.135. The lowest BCUT2D eigenvalue weighted by atomic mass is 9.77. The first-order valence-electron chi connectivity index (χ1n) is 5.24. The van der Waals surface area contributed by atoms with Gasteiger partial charge in [0.15, 0.2) is 0 Å². The average Bonchev–Trinajstić information content (AvgIpc) is 2.12. The molecule has 0 atom stereocenters. The highest BCUT2D eigenvalue weighted by Gasteiger charge is 2.25. The number of allylic oxidation sites excluding steroid dienone is 4. The van der Waals surface area contributed by atoms with Crippen LogP contribution in [-0.4, -0.2) is 17.6 Å². The van der Waals surface area contributed by atoms with Gasteiger partial charge in [0.25, 0.3) is 0 Å². The molecule has 1 aliphatic rings. The zero-order chi connectivity index (χ0) is 11.5. The number of hydrogen-bond donors (Lipinski definition) is 2. The molecule has 0 spiro atoms. The van der Waals surface area contributed by atoms with Crippen LogP contribution in [0.1, 0.15) is 33.6 Å². The SMILES string of the molecule is C/C=C1\C=C(NCC(=O)O)CC(C)(C)C1. The molecular formula is C12H19NO2. The van der Waals surface area contributed by atoms with E-state index in [0.717, 1.165) is 18.5 Å². The van der Waals surface area contributed by atoms with E-state index in [1.807, 2.05) is 6.92 Å². The number of carboxylic acid groups (broad SMARTS) is 1. The van der Waals surface area contributed by atoms with Crippen LogP contribution in [0.2, 0.25) is 0 Å². The topological polar surface area (TPSA) is 49.3 Å². The standard InChI is InChI=1S/C12H19NO2/c1-4-9-5-10(13-8-11(14)15)7-12(2,3)6-9/h4-5,13H,6-8H2,1-3H3,(H,14,15)/b9-4+. The predicted molar refractivity (Wildman–Crippen MR) is 60.5 cm³/mol. The summed E-state index contributed by atoms with van der Waals surface area (Å²) in [7, 11) is 0. The number of carboxylic acids is 1. The van der Waals surface area contributed by atoms with Crippen LogP contribution in [0.25, 0.3) is 0 Å². The third kappa shape index (κ3) is 3.78. The second-order valence-electron chi connectivity index (χ2n) is 4.80. The van der Waals surface area contributed by atoms with E-state index < -0.39 is 5.97 Å². The molecule has 84 valence electrons. The Balaban J connectivity index is 2.71. The molecule has 0 heterocycles. The van der Waals surface area contributed by atoms with Crippen molar-refractivity contribution >= 4 is 5.97 Å². The smallest absolute Gasteiger partial charge is 0.322 e. The normalized spacial score (nSPS) is 22.3. The fourth-order valence-corrected chi connectivity index (χ4v) is 1.94. The van der Waals surface area contributed by atoms with Crippen LogP contribution in [0.3, 0.4) is 0 Å². The fraction of sp³-hybridized carbons (Fsp3) is 0.583. The van der Waals surface area contributed by atoms with E-state index >= 15 is 0 Å². The molecule has 3 heteroatoms. The van der Waals surface area contributed by atoms with E-state index in [-0.39, 0.29) is 12.0 Å². The highest BCUT2D eigenvalue weighted by atomic mass is 16.4. The summed E-state index contributed by atoms with van der Waals surface area (Å²) in [6, 6.07) is 0. The number of hydrogen-bond acceptors (Lipinski definition) is 2. The van der Waals surface area contributed by atoms with Gasteiger partial charge in [0, 0.05) is 5.70 Å². The Morgan fingerprint density at radius 1 is 1.60 bits per heavy atom. The quantitative estimate of drug-likeness (QED) is 0.750. The molecule has 1 aliphatic carbocycles. The summed E-state index contributed by atoms with van der Waals surface area (Å²) < 4.78 is 0. The summed E-state index contributed by atoms with van der Waals surface area (Å²) in [6.07, 6.45) is 6.12. The molecule has 0 amide bonds. The number of rotatable bonds is 3. The zero-order valence-corrected chi connectivity index (χ0v) is 9.63. The van der Waals surface area contributed by atoms with Crippen molar-refractivity contribution in [2.75, 3.05) is 6.54 Å². The van der Waals surface area contributed by atoms with Crippen LogP contribution in [-0.2, 0) is 4.79 Å². The van der Waals surface area contributed by atoms with Gasteiger partial charge in [0.2, 0.25) is 0 Å². The third-order valence-corrected chi connectivity index (χ3v) is 2.55. The molecule has 0 unspecified atom stereocenters. The van der Waals surface area contributed by atoms with Crippen LogP contribution in [0.15, 0.2) is 23.4 Å². The summed E-state index contributed by atoms with van der Waals surface area (Å²) in [5.74, 6) is -0.818. The molecule has 0 aromatic carbocycles. The molecule has 0 radical (unpaired) electrons. The molecule has 3 nitrogen and oxygen atoms in total. The Kier molecular flexibility index (Phi) is 3.56. The van der Waals surface area contributed by atoms with Gasteiger partial charge in [0.05, 0.1) is 0 Å². The molecule has 0 saturated carbocycles. The number of aliphatic carboxylic acids is 1. The van der Waals surface area contributed by atoms with Crippen LogP contribution in [0.4, 0.5) is 0 Å². The van der Waals surface area contributed by atoms with Gasteiger partial charge >= 0.3 is 5.97 Å². The van der Waals surface area contributed by atoms with Gasteiger partial charge in [-0.25, -0.2) is 0 Å². The molecular weight excluding hydrogens is 190 g/mol. The van der Waals surface area contributed by atoms with Crippen molar-refractivity contribution in [1.82, 2.24) is 5.32 Å². The van der Waals surface area contributed by atoms with Crippen molar-refractivity contribution in [2.45, 2.75) is 33.6 Å². The molecule has 0 aliphatic heterocycles. The van der Waals surface area contributed by atoms with Gasteiger partial charge in [-0.2, -0.15) is 0 Å². The van der Waals surface area contributed by atoms with Crippen LogP contribution >= 0.6 is 0 Å². The van der Waals surface area contributed by atoms with Crippen molar-refractivity contribution in [3.05, 3.63) is 23.4 Å². The number of carbonyl (C=O) groups is 1. The predicted octanol–water partition coefficient (Wildman–Crippen LogP) is 2.31. The highest BCUT2D eigenvalue weighted by Crippen LogP contribution is 2.36. The maximum atomic E-state index is 10.5. The van der Waals surface area contributed by atoms with E-state index in [9.17, 15) is 4.79 Å². The van der Waals surface area contributed by atoms with Crippen LogP contribution in [0, 0.1) is 5.41 Å². The van der Waals surface area contributed by atoms with E-state index in [4.69, 9.17) is 5.11 Å². The summed E-state index contributed by atoms with van der Waals surface area (Å²) in [6.45, 7) is 6.42. The maximum absolute atomic E-state index is 10.5. The minimum atomic E-state index is -0.818. The molecule has 15 heavy (non-hydrogen) atoms. The van der Waals surface area contributed by atoms with Crippen molar-refractivity contribution < 1.29 is 9.90 Å². The molecule has 0 fully saturated rings. The van der Waals surface area contributed by atoms with E-state index in [2.05, 4.69) is 31.3 Å². The van der Waals surface area contributed by atoms with E-state index in [1.165, 1.54) is 5.57 Å². The summed E-state index contributed by atoms with van der Waals surface area (Å²) in [5.41, 5.74) is 2.53. The molecule has 0 aromatic rings. The summed E-state index contributed by atoms with van der Waals surface area (Å²) in [5, 5.41) is 11.6. The zero-order valence-electron chi connectivity index (χ0n) is 9.63. The minimum Gasteiger partial charge on any atom is -0.480 e. The summed E-state index contributed by atoms with van der Waals surface area (Å²) in [4.78, 5) is 10.5. The van der Waals surface area contributed by atoms with Crippen LogP contribution in [0.5, 0.6) is 0 Å². The lowest BCUT2D eigenvalue weighted by Gasteiger charge is -2.31.